The van der Waals surface area contributed by atoms with E-state index in [2.05, 4.69) is 0 Å². The Kier molecular flexibility index (Phi) is 2.85. The summed E-state index contributed by atoms with van der Waals surface area (Å²) in [5.74, 6) is -0.0705. The molecule has 2 aromatic carbocycles. The van der Waals surface area contributed by atoms with E-state index in [0.29, 0.717) is 10.6 Å². The Morgan fingerprint density at radius 1 is 1.11 bits per heavy atom. The summed E-state index contributed by atoms with van der Waals surface area (Å²) in [7, 11) is -1.64. The molecule has 0 amide bonds. The van der Waals surface area contributed by atoms with Crippen LogP contribution in [0.2, 0.25) is 0 Å². The zero-order chi connectivity index (χ0) is 13.4. The zero-order valence-electron chi connectivity index (χ0n) is 9.82. The van der Waals surface area contributed by atoms with E-state index in [-0.39, 0.29) is 5.75 Å². The number of hydrogen-bond donors (Lipinski definition) is 1. The first-order chi connectivity index (χ1) is 9.16. The predicted molar refractivity (Wildman–Crippen MR) is 72.6 cm³/mol. The van der Waals surface area contributed by atoms with E-state index in [4.69, 9.17) is 0 Å². The zero-order valence-corrected chi connectivity index (χ0v) is 10.6. The van der Waals surface area contributed by atoms with Gasteiger partial charge < -0.3 is 5.11 Å². The van der Waals surface area contributed by atoms with Crippen LogP contribution in [0, 0.1) is 0 Å². The SMILES string of the molecule is O=S1C(=Cc2ccc([O-])cc2)c2ccccc2N1O. The Morgan fingerprint density at radius 3 is 2.53 bits per heavy atom. The Balaban J connectivity index is 2.10. The van der Waals surface area contributed by atoms with Gasteiger partial charge >= 0.3 is 0 Å². The van der Waals surface area contributed by atoms with E-state index in [1.807, 2.05) is 6.07 Å². The van der Waals surface area contributed by atoms with Crippen molar-refractivity contribution in [3.05, 3.63) is 59.7 Å². The molecule has 0 saturated heterocycles. The second kappa shape index (κ2) is 4.53. The Hall–Kier alpha value is -2.11. The predicted octanol–water partition coefficient (Wildman–Crippen LogP) is 2.13. The number of hydrogen-bond acceptors (Lipinski definition) is 3. The van der Waals surface area contributed by atoms with Gasteiger partial charge in [-0.25, -0.2) is 4.21 Å². The van der Waals surface area contributed by atoms with Crippen LogP contribution in [0.25, 0.3) is 11.0 Å². The smallest absolute Gasteiger partial charge is 0.177 e. The minimum Gasteiger partial charge on any atom is -0.872 e. The van der Waals surface area contributed by atoms with Crippen LogP contribution in [0.15, 0.2) is 48.5 Å². The molecule has 0 aromatic heterocycles. The molecule has 1 atom stereocenters. The van der Waals surface area contributed by atoms with Gasteiger partial charge in [0.15, 0.2) is 11.0 Å². The molecular formula is C14H10NO3S-. The van der Waals surface area contributed by atoms with Crippen molar-refractivity contribution in [1.82, 2.24) is 0 Å². The molecular weight excluding hydrogens is 262 g/mol. The third-order valence-corrected chi connectivity index (χ3v) is 4.12. The molecule has 0 aliphatic carbocycles. The quantitative estimate of drug-likeness (QED) is 0.865. The summed E-state index contributed by atoms with van der Waals surface area (Å²) in [6.45, 7) is 0. The van der Waals surface area contributed by atoms with Crippen molar-refractivity contribution in [2.75, 3.05) is 4.47 Å². The van der Waals surface area contributed by atoms with Crippen molar-refractivity contribution in [3.8, 4) is 5.75 Å². The number of anilines is 1. The Labute approximate surface area is 112 Å². The average molecular weight is 272 g/mol. The first kappa shape index (κ1) is 12.0. The van der Waals surface area contributed by atoms with Crippen molar-refractivity contribution in [2.24, 2.45) is 0 Å². The lowest BCUT2D eigenvalue weighted by Gasteiger charge is -2.06. The Morgan fingerprint density at radius 2 is 1.79 bits per heavy atom. The van der Waals surface area contributed by atoms with Gasteiger partial charge in [-0.1, -0.05) is 42.5 Å². The first-order valence-corrected chi connectivity index (χ1v) is 6.76. The molecule has 2 aromatic rings. The number of fused-ring (bicyclic) bond motifs is 1. The number of para-hydroxylation sites is 1. The van der Waals surface area contributed by atoms with Crippen molar-refractivity contribution < 1.29 is 14.5 Å². The molecule has 1 aliphatic rings. The van der Waals surface area contributed by atoms with Crippen LogP contribution in [0.1, 0.15) is 11.1 Å². The highest BCUT2D eigenvalue weighted by Crippen LogP contribution is 2.39. The molecule has 0 radical (unpaired) electrons. The van der Waals surface area contributed by atoms with Gasteiger partial charge in [-0.3, -0.25) is 5.21 Å². The van der Waals surface area contributed by atoms with Gasteiger partial charge in [-0.05, 0) is 17.7 Å². The van der Waals surface area contributed by atoms with Crippen molar-refractivity contribution >= 4 is 27.7 Å². The normalized spacial score (nSPS) is 19.7. The number of benzene rings is 2. The largest absolute Gasteiger partial charge is 0.872 e. The van der Waals surface area contributed by atoms with E-state index in [1.165, 1.54) is 12.1 Å². The summed E-state index contributed by atoms with van der Waals surface area (Å²) >= 11 is 0. The minimum absolute atomic E-state index is 0.0705. The van der Waals surface area contributed by atoms with Gasteiger partial charge in [0.05, 0.1) is 10.6 Å². The summed E-state index contributed by atoms with van der Waals surface area (Å²) in [5, 5.41) is 20.8. The lowest BCUT2D eigenvalue weighted by atomic mass is 10.1. The van der Waals surface area contributed by atoms with Gasteiger partial charge in [0.25, 0.3) is 0 Å². The monoisotopic (exact) mass is 272 g/mol. The van der Waals surface area contributed by atoms with Crippen LogP contribution in [-0.4, -0.2) is 9.42 Å². The topological polar surface area (TPSA) is 63.6 Å². The van der Waals surface area contributed by atoms with Gasteiger partial charge in [0.2, 0.25) is 0 Å². The van der Waals surface area contributed by atoms with E-state index in [1.54, 1.807) is 36.4 Å². The third kappa shape index (κ3) is 2.03. The van der Waals surface area contributed by atoms with Crippen molar-refractivity contribution in [1.29, 1.82) is 0 Å². The molecule has 1 heterocycles. The van der Waals surface area contributed by atoms with E-state index in [0.717, 1.165) is 15.6 Å². The molecule has 5 heteroatoms. The molecule has 3 rings (SSSR count). The van der Waals surface area contributed by atoms with Crippen LogP contribution in [-0.2, 0) is 11.0 Å². The maximum absolute atomic E-state index is 12.1. The molecule has 0 spiro atoms. The molecule has 0 bridgehead atoms. The average Bonchev–Trinajstić information content (AvgIpc) is 2.67. The summed E-state index contributed by atoms with van der Waals surface area (Å²) in [5.41, 5.74) is 2.02. The maximum Gasteiger partial charge on any atom is 0.177 e. The number of nitrogens with zero attached hydrogens (tertiary/aromatic N) is 1. The molecule has 1 aliphatic heterocycles. The van der Waals surface area contributed by atoms with Gasteiger partial charge in [-0.2, -0.15) is 4.47 Å². The molecule has 1 unspecified atom stereocenters. The molecule has 0 fully saturated rings. The van der Waals surface area contributed by atoms with Gasteiger partial charge in [0.1, 0.15) is 0 Å². The first-order valence-electron chi connectivity index (χ1n) is 5.66. The number of rotatable bonds is 1. The highest BCUT2D eigenvalue weighted by molar-refractivity contribution is 7.96. The Bertz CT molecular complexity index is 679. The van der Waals surface area contributed by atoms with Crippen LogP contribution in [0.3, 0.4) is 0 Å². The van der Waals surface area contributed by atoms with Crippen molar-refractivity contribution in [3.63, 3.8) is 0 Å². The summed E-state index contributed by atoms with van der Waals surface area (Å²) < 4.78 is 12.8. The minimum atomic E-state index is -1.64. The second-order valence-electron chi connectivity index (χ2n) is 4.12. The fourth-order valence-corrected chi connectivity index (χ4v) is 3.09. The van der Waals surface area contributed by atoms with E-state index < -0.39 is 11.0 Å². The van der Waals surface area contributed by atoms with Gasteiger partial charge in [-0.15, -0.1) is 5.75 Å². The van der Waals surface area contributed by atoms with Crippen LogP contribution in [0.5, 0.6) is 5.75 Å². The fraction of sp³-hybridized carbons (Fsp3) is 0. The highest BCUT2D eigenvalue weighted by atomic mass is 32.2. The summed E-state index contributed by atoms with van der Waals surface area (Å²) in [6.07, 6.45) is 1.71. The molecule has 0 saturated carbocycles. The van der Waals surface area contributed by atoms with Crippen LogP contribution in [0.4, 0.5) is 5.69 Å². The van der Waals surface area contributed by atoms with Gasteiger partial charge in [0, 0.05) is 5.56 Å². The third-order valence-electron chi connectivity index (χ3n) is 2.90. The van der Waals surface area contributed by atoms with E-state index in [9.17, 15) is 14.5 Å². The lowest BCUT2D eigenvalue weighted by Crippen LogP contribution is -2.14. The highest BCUT2D eigenvalue weighted by Gasteiger charge is 2.29. The molecule has 19 heavy (non-hydrogen) atoms. The van der Waals surface area contributed by atoms with E-state index >= 15 is 0 Å². The van der Waals surface area contributed by atoms with Crippen LogP contribution >= 0.6 is 0 Å². The standard InChI is InChI=1S/C14H11NO3S/c16-11-7-5-10(6-8-11)9-14-12-3-1-2-4-13(12)15(17)19(14)18/h1-9,16-17H/p-1. The molecule has 96 valence electrons. The molecule has 1 N–H and O–H groups in total. The maximum atomic E-state index is 12.1. The molecule has 4 nitrogen and oxygen atoms in total. The summed E-state index contributed by atoms with van der Waals surface area (Å²) in [6, 6.07) is 13.3. The fourth-order valence-electron chi connectivity index (χ4n) is 1.97. The van der Waals surface area contributed by atoms with Crippen LogP contribution < -0.4 is 9.58 Å². The summed E-state index contributed by atoms with van der Waals surface area (Å²) in [4.78, 5) is 0.525. The second-order valence-corrected chi connectivity index (χ2v) is 5.40. The van der Waals surface area contributed by atoms with Crippen molar-refractivity contribution in [2.45, 2.75) is 0 Å². The lowest BCUT2D eigenvalue weighted by molar-refractivity contribution is -0.268.